The molecule has 1 aromatic carbocycles. The van der Waals surface area contributed by atoms with Gasteiger partial charge in [0.15, 0.2) is 0 Å². The number of hydrogen-bond acceptors (Lipinski definition) is 10. The largest absolute Gasteiger partial charge is 0.462 e. The zero-order chi connectivity index (χ0) is 36.6. The predicted octanol–water partition coefficient (Wildman–Crippen LogP) is 2.49. The Balaban J connectivity index is 1.13. The lowest BCUT2D eigenvalue weighted by Crippen LogP contribution is -2.58. The number of hydrogen-bond donors (Lipinski definition) is 4. The van der Waals surface area contributed by atoms with Gasteiger partial charge < -0.3 is 24.5 Å². The lowest BCUT2D eigenvalue weighted by molar-refractivity contribution is -0.141. The van der Waals surface area contributed by atoms with Gasteiger partial charge in [-0.1, -0.05) is 37.1 Å². The molecule has 14 nitrogen and oxygen atoms in total. The Kier molecular flexibility index (Phi) is 10.2. The first-order chi connectivity index (χ1) is 25.0. The molecule has 0 radical (unpaired) electrons. The van der Waals surface area contributed by atoms with Crippen LogP contribution in [0.3, 0.4) is 0 Å². The van der Waals surface area contributed by atoms with Crippen LogP contribution in [0.2, 0.25) is 0 Å². The van der Waals surface area contributed by atoms with Crippen molar-refractivity contribution in [3.63, 3.8) is 0 Å². The van der Waals surface area contributed by atoms with Gasteiger partial charge in [-0.15, -0.1) is 0 Å². The zero-order valence-corrected chi connectivity index (χ0v) is 29.5. The molecule has 4 N–H and O–H groups in total. The number of aliphatic hydroxyl groups is 1. The molecule has 2 aliphatic carbocycles. The maximum atomic E-state index is 14.4. The monoisotopic (exact) mass is 741 g/mol. The summed E-state index contributed by atoms with van der Waals surface area (Å²) in [6.07, 6.45) is 6.69. The van der Waals surface area contributed by atoms with E-state index >= 15 is 0 Å². The van der Waals surface area contributed by atoms with Crippen LogP contribution in [0.15, 0.2) is 46.9 Å². The molecule has 0 spiro atoms. The van der Waals surface area contributed by atoms with E-state index in [9.17, 15) is 37.1 Å². The van der Waals surface area contributed by atoms with Crippen LogP contribution in [0.1, 0.15) is 80.4 Å². The highest BCUT2D eigenvalue weighted by molar-refractivity contribution is 7.91. The molecule has 52 heavy (non-hydrogen) atoms. The Labute approximate surface area is 301 Å². The lowest BCUT2D eigenvalue weighted by atomic mass is 10.0. The van der Waals surface area contributed by atoms with Gasteiger partial charge in [0.05, 0.1) is 30.9 Å². The van der Waals surface area contributed by atoms with Crippen molar-refractivity contribution in [2.45, 2.75) is 113 Å². The topological polar surface area (TPSA) is 188 Å². The van der Waals surface area contributed by atoms with Gasteiger partial charge in [0.2, 0.25) is 21.8 Å². The summed E-state index contributed by atoms with van der Waals surface area (Å²) >= 11 is 0. The summed E-state index contributed by atoms with van der Waals surface area (Å²) in [5, 5.41) is 14.9. The summed E-state index contributed by atoms with van der Waals surface area (Å²) in [7, 11) is -3.90. The number of nitrogens with zero attached hydrogens (tertiary/aromatic N) is 2. The number of furan rings is 1. The number of carbonyl (C=O) groups excluding carboxylic acids is 4. The number of benzene rings is 1. The van der Waals surface area contributed by atoms with Crippen molar-refractivity contribution in [2.24, 2.45) is 5.92 Å². The first-order valence-corrected chi connectivity index (χ1v) is 19.5. The van der Waals surface area contributed by atoms with E-state index in [1.807, 2.05) is 12.2 Å². The van der Waals surface area contributed by atoms with Gasteiger partial charge in [-0.05, 0) is 62.3 Å². The molecule has 1 aromatic heterocycles. The Morgan fingerprint density at radius 2 is 1.88 bits per heavy atom. The van der Waals surface area contributed by atoms with Crippen molar-refractivity contribution in [1.29, 1.82) is 0 Å². The van der Waals surface area contributed by atoms with Crippen LogP contribution in [-0.2, 0) is 55.4 Å². The maximum Gasteiger partial charge on any atom is 0.410 e. The van der Waals surface area contributed by atoms with E-state index in [0.717, 1.165) is 12.8 Å². The molecule has 4 amide bonds. The average molecular weight is 742 g/mol. The number of sulfonamides is 1. The normalized spacial score (nSPS) is 27.9. The Hall–Kier alpha value is -4.28. The highest BCUT2D eigenvalue weighted by Gasteiger charge is 2.62. The van der Waals surface area contributed by atoms with Crippen molar-refractivity contribution in [1.82, 2.24) is 25.2 Å². The van der Waals surface area contributed by atoms with E-state index in [1.54, 1.807) is 24.3 Å². The molecule has 16 heteroatoms. The minimum Gasteiger partial charge on any atom is -0.462 e. The standard InChI is InChI=1S/C36H44FN5O9S/c37-29-9-6-7-22-18-41(20-28(22)29)35(47)51-26-15-31-32(44)39-36(34(46)40-52(48,49)27-13-14-27)16-23(36)8-4-2-1-3-5-10-30(33(45)42(31)19-26)38-17-24-11-12-25(21-43)50-24/h4,6-9,11-12,23,26-27,30-31,38,43H,1-3,5,10,13-21H2,(H,39,44)(H,40,46)/t23-,26-,30+,31+,36-/m1/s1. The minimum atomic E-state index is -3.90. The van der Waals surface area contributed by atoms with Gasteiger partial charge in [0, 0.05) is 24.4 Å². The number of ether oxygens (including phenoxy) is 1. The van der Waals surface area contributed by atoms with E-state index < -0.39 is 74.5 Å². The van der Waals surface area contributed by atoms with E-state index in [2.05, 4.69) is 15.4 Å². The van der Waals surface area contributed by atoms with Crippen molar-refractivity contribution < 1.29 is 46.2 Å². The Morgan fingerprint density at radius 3 is 2.63 bits per heavy atom. The second kappa shape index (κ2) is 14.6. The molecule has 0 unspecified atom stereocenters. The van der Waals surface area contributed by atoms with Crippen molar-refractivity contribution in [3.8, 4) is 0 Å². The molecular formula is C36H44FN5O9S. The van der Waals surface area contributed by atoms with Gasteiger partial charge in [0.25, 0.3) is 5.91 Å². The first kappa shape index (κ1) is 36.1. The smallest absolute Gasteiger partial charge is 0.410 e. The van der Waals surface area contributed by atoms with Crippen LogP contribution in [0.4, 0.5) is 9.18 Å². The zero-order valence-electron chi connectivity index (χ0n) is 28.7. The summed E-state index contributed by atoms with van der Waals surface area (Å²) in [5.74, 6) is -1.85. The van der Waals surface area contributed by atoms with Crippen LogP contribution in [0.5, 0.6) is 0 Å². The molecule has 1 saturated heterocycles. The molecule has 4 heterocycles. The Morgan fingerprint density at radius 1 is 1.08 bits per heavy atom. The summed E-state index contributed by atoms with van der Waals surface area (Å²) in [5.41, 5.74) is -0.446. The van der Waals surface area contributed by atoms with Gasteiger partial charge >= 0.3 is 6.09 Å². The second-order valence-corrected chi connectivity index (χ2v) is 16.4. The van der Waals surface area contributed by atoms with E-state index in [0.29, 0.717) is 54.8 Å². The number of nitrogens with one attached hydrogen (secondary N) is 3. The molecule has 2 saturated carbocycles. The van der Waals surface area contributed by atoms with Gasteiger partial charge in [-0.3, -0.25) is 29.3 Å². The van der Waals surface area contributed by atoms with Crippen LogP contribution < -0.4 is 15.4 Å². The molecular weight excluding hydrogens is 697 g/mol. The third-order valence-corrected chi connectivity index (χ3v) is 12.5. The predicted molar refractivity (Wildman–Crippen MR) is 183 cm³/mol. The number of amides is 4. The van der Waals surface area contributed by atoms with Gasteiger partial charge in [-0.25, -0.2) is 17.6 Å². The molecule has 280 valence electrons. The molecule has 7 rings (SSSR count). The van der Waals surface area contributed by atoms with E-state index in [-0.39, 0.29) is 45.6 Å². The molecule has 0 bridgehead atoms. The molecule has 3 aliphatic heterocycles. The third kappa shape index (κ3) is 7.60. The first-order valence-electron chi connectivity index (χ1n) is 18.0. The summed E-state index contributed by atoms with van der Waals surface area (Å²) in [4.78, 5) is 58.3. The van der Waals surface area contributed by atoms with Gasteiger partial charge in [0.1, 0.15) is 41.6 Å². The van der Waals surface area contributed by atoms with Crippen LogP contribution in [0, 0.1) is 11.7 Å². The molecule has 5 atom stereocenters. The number of aliphatic hydroxyl groups excluding tert-OH is 1. The number of rotatable bonds is 8. The fourth-order valence-corrected chi connectivity index (χ4v) is 8.82. The van der Waals surface area contributed by atoms with Gasteiger partial charge in [-0.2, -0.15) is 0 Å². The molecule has 5 aliphatic rings. The second-order valence-electron chi connectivity index (χ2n) is 14.5. The summed E-state index contributed by atoms with van der Waals surface area (Å²) in [6, 6.07) is 6.09. The van der Waals surface area contributed by atoms with Crippen LogP contribution in [-0.4, -0.2) is 82.7 Å². The summed E-state index contributed by atoms with van der Waals surface area (Å²) in [6.45, 7) is -0.0307. The maximum absolute atomic E-state index is 14.4. The van der Waals surface area contributed by atoms with Crippen molar-refractivity contribution in [2.75, 3.05) is 6.54 Å². The Bertz CT molecular complexity index is 1860. The number of halogens is 1. The molecule has 3 fully saturated rings. The molecule has 2 aromatic rings. The third-order valence-electron chi connectivity index (χ3n) is 10.7. The highest BCUT2D eigenvalue weighted by Crippen LogP contribution is 2.46. The fourth-order valence-electron chi connectivity index (χ4n) is 7.46. The SMILES string of the molecule is O=C1N[C@]2(C(=O)NS(=O)(=O)C3CC3)C[C@H]2C=CCCCCC[C@H](NCc2ccc(CO)o2)C(=O)N2C[C@H](OC(=O)N3Cc4cccc(F)c4C3)C[C@@H]12. The number of allylic oxidation sites excluding steroid dienone is 1. The average Bonchev–Trinajstić information content (AvgIpc) is 3.91. The number of fused-ring (bicyclic) bond motifs is 3. The van der Waals surface area contributed by atoms with Crippen LogP contribution >= 0.6 is 0 Å². The van der Waals surface area contributed by atoms with Crippen molar-refractivity contribution >= 4 is 33.8 Å². The fraction of sp³-hybridized carbons (Fsp3) is 0.556. The van der Waals surface area contributed by atoms with Crippen molar-refractivity contribution in [3.05, 3.63) is 70.9 Å². The summed E-state index contributed by atoms with van der Waals surface area (Å²) < 4.78 is 53.6. The highest BCUT2D eigenvalue weighted by atomic mass is 32.2. The lowest BCUT2D eigenvalue weighted by Gasteiger charge is -2.30. The quantitative estimate of drug-likeness (QED) is 0.293. The van der Waals surface area contributed by atoms with E-state index in [1.165, 1.54) is 15.9 Å². The number of carbonyl (C=O) groups is 4. The van der Waals surface area contributed by atoms with E-state index in [4.69, 9.17) is 9.15 Å². The van der Waals surface area contributed by atoms with Crippen LogP contribution in [0.25, 0.3) is 0 Å². The minimum absolute atomic E-state index is 0.0210.